The Morgan fingerprint density at radius 2 is 1.82 bits per heavy atom. The number of carbonyl (C=O) groups excluding carboxylic acids is 1. The van der Waals surface area contributed by atoms with E-state index in [9.17, 15) is 23.5 Å². The van der Waals surface area contributed by atoms with Crippen LogP contribution in [-0.4, -0.2) is 54.6 Å². The van der Waals surface area contributed by atoms with Gasteiger partial charge >= 0.3 is 6.09 Å². The quantitative estimate of drug-likeness (QED) is 0.202. The van der Waals surface area contributed by atoms with Crippen molar-refractivity contribution in [1.29, 1.82) is 0 Å². The molecule has 0 aliphatic carbocycles. The highest BCUT2D eigenvalue weighted by atomic mass is 35.5. The van der Waals surface area contributed by atoms with Crippen molar-refractivity contribution in [3.05, 3.63) is 94.8 Å². The second kappa shape index (κ2) is 12.2. The predicted octanol–water partition coefficient (Wildman–Crippen LogP) is 6.54. The third-order valence-corrected chi connectivity index (χ3v) is 7.81. The van der Waals surface area contributed by atoms with Crippen LogP contribution in [0.1, 0.15) is 32.2 Å². The van der Waals surface area contributed by atoms with Crippen LogP contribution < -0.4 is 11.1 Å². The molecular weight excluding hydrogens is 590 g/mol. The molecule has 0 saturated carbocycles. The summed E-state index contributed by atoms with van der Waals surface area (Å²) >= 11 is 5.88. The Balaban J connectivity index is 1.51. The predicted molar refractivity (Wildman–Crippen MR) is 166 cm³/mol. The number of rotatable bonds is 7. The van der Waals surface area contributed by atoms with Crippen molar-refractivity contribution in [3.8, 4) is 11.3 Å². The monoisotopic (exact) mass is 622 g/mol. The highest BCUT2D eigenvalue weighted by Gasteiger charge is 2.40. The third-order valence-electron chi connectivity index (χ3n) is 7.50. The summed E-state index contributed by atoms with van der Waals surface area (Å²) in [6.07, 6.45) is -1.06. The number of carboxylic acid groups (broad SMARTS) is 1. The van der Waals surface area contributed by atoms with Crippen molar-refractivity contribution >= 4 is 40.8 Å². The summed E-state index contributed by atoms with van der Waals surface area (Å²) < 4.78 is 30.4. The van der Waals surface area contributed by atoms with Gasteiger partial charge in [0.25, 0.3) is 0 Å². The molecule has 2 amide bonds. The summed E-state index contributed by atoms with van der Waals surface area (Å²) in [5.74, 6) is -0.414. The number of nitrogens with zero attached hydrogens (tertiary/aromatic N) is 4. The van der Waals surface area contributed by atoms with E-state index in [1.165, 1.54) is 29.2 Å². The van der Waals surface area contributed by atoms with Gasteiger partial charge in [0, 0.05) is 42.0 Å². The number of imidazole rings is 1. The number of hydrogen-bond donors (Lipinski definition) is 3. The van der Waals surface area contributed by atoms with Gasteiger partial charge in [0.2, 0.25) is 5.91 Å². The largest absolute Gasteiger partial charge is 0.465 e. The summed E-state index contributed by atoms with van der Waals surface area (Å²) in [6, 6.07) is 16.2. The minimum atomic E-state index is -1.21. The van der Waals surface area contributed by atoms with Gasteiger partial charge in [0.05, 0.1) is 11.6 Å². The summed E-state index contributed by atoms with van der Waals surface area (Å²) in [6.45, 7) is 5.87. The molecule has 44 heavy (non-hydrogen) atoms. The second-order valence-electron chi connectivity index (χ2n) is 11.7. The summed E-state index contributed by atoms with van der Waals surface area (Å²) in [4.78, 5) is 34.3. The van der Waals surface area contributed by atoms with Crippen LogP contribution in [-0.2, 0) is 24.3 Å². The van der Waals surface area contributed by atoms with Crippen molar-refractivity contribution in [2.45, 2.75) is 51.9 Å². The molecule has 9 nitrogen and oxygen atoms in total. The average molecular weight is 623 g/mol. The van der Waals surface area contributed by atoms with Gasteiger partial charge in [-0.2, -0.15) is 0 Å². The van der Waals surface area contributed by atoms with E-state index >= 15 is 0 Å². The maximum Gasteiger partial charge on any atom is 0.408 e. The van der Waals surface area contributed by atoms with Gasteiger partial charge in [0.15, 0.2) is 0 Å². The Hall–Kier alpha value is -4.64. The molecule has 4 aromatic rings. The number of amides is 2. The molecule has 5 rings (SSSR count). The lowest BCUT2D eigenvalue weighted by atomic mass is 9.97. The van der Waals surface area contributed by atoms with Crippen LogP contribution in [0.15, 0.2) is 66.7 Å². The molecule has 1 aromatic heterocycles. The number of fused-ring (bicyclic) bond motifs is 1. The highest BCUT2D eigenvalue weighted by molar-refractivity contribution is 6.30. The Morgan fingerprint density at radius 3 is 2.45 bits per heavy atom. The number of nitrogens with two attached hydrogens (primary N) is 1. The molecule has 1 aliphatic rings. The molecule has 230 valence electrons. The topological polar surface area (TPSA) is 117 Å². The van der Waals surface area contributed by atoms with E-state index in [0.29, 0.717) is 40.8 Å². The lowest BCUT2D eigenvalue weighted by Crippen LogP contribution is -2.59. The zero-order valence-electron chi connectivity index (χ0n) is 24.5. The Labute approximate surface area is 258 Å². The Morgan fingerprint density at radius 1 is 1.09 bits per heavy atom. The molecule has 1 atom stereocenters. The van der Waals surface area contributed by atoms with Crippen LogP contribution in [0.5, 0.6) is 0 Å². The number of benzene rings is 3. The molecule has 12 heteroatoms. The number of nitrogen functional groups attached to an aromatic ring is 1. The number of anilines is 3. The van der Waals surface area contributed by atoms with Gasteiger partial charge in [-0.3, -0.25) is 9.69 Å². The molecule has 2 heterocycles. The molecule has 0 saturated heterocycles. The van der Waals surface area contributed by atoms with Gasteiger partial charge in [-0.1, -0.05) is 35.9 Å². The second-order valence-corrected chi connectivity index (χ2v) is 12.1. The van der Waals surface area contributed by atoms with Crippen LogP contribution >= 0.6 is 11.6 Å². The van der Waals surface area contributed by atoms with E-state index in [1.54, 1.807) is 68.1 Å². The molecule has 0 spiro atoms. The van der Waals surface area contributed by atoms with Gasteiger partial charge in [0.1, 0.15) is 35.0 Å². The standard InChI is InChI=1S/C32H33ClF2N6O3/c1-32(2,3)41(31(43)44)26(15-19-7-9-22(36)10-8-19)30(42)39-13-14-40-27(18-39)38-28(20-5-4-6-21(34)16-20)29(40)37-23-11-12-24(33)25(35)17-23/h4-12,16-17,26,37H,13-15,18,36H2,1-3H3,(H,43,44)/t26-/m0/s1. The van der Waals surface area contributed by atoms with Crippen LogP contribution in [0.3, 0.4) is 0 Å². The fourth-order valence-electron chi connectivity index (χ4n) is 5.46. The molecule has 0 unspecified atom stereocenters. The fourth-order valence-corrected chi connectivity index (χ4v) is 5.58. The van der Waals surface area contributed by atoms with Gasteiger partial charge in [-0.15, -0.1) is 0 Å². The molecule has 4 N–H and O–H groups in total. The van der Waals surface area contributed by atoms with Crippen molar-refractivity contribution in [2.75, 3.05) is 17.6 Å². The minimum Gasteiger partial charge on any atom is -0.465 e. The SMILES string of the molecule is CC(C)(C)N(C(=O)O)[C@@H](Cc1ccc(N)cc1)C(=O)N1CCn2c(nc(-c3cccc(F)c3)c2Nc2ccc(Cl)c(F)c2)C1. The van der Waals surface area contributed by atoms with Crippen molar-refractivity contribution < 1.29 is 23.5 Å². The van der Waals surface area contributed by atoms with E-state index in [4.69, 9.17) is 22.3 Å². The molecular formula is C32H33ClF2N6O3. The van der Waals surface area contributed by atoms with Gasteiger partial charge < -0.3 is 25.6 Å². The summed E-state index contributed by atoms with van der Waals surface area (Å²) in [5.41, 5.74) is 7.63. The van der Waals surface area contributed by atoms with E-state index in [0.717, 1.165) is 5.56 Å². The van der Waals surface area contributed by atoms with Gasteiger partial charge in [-0.05, 0) is 68.8 Å². The van der Waals surface area contributed by atoms with Crippen molar-refractivity contribution in [3.63, 3.8) is 0 Å². The molecule has 1 aliphatic heterocycles. The smallest absolute Gasteiger partial charge is 0.408 e. The molecule has 0 radical (unpaired) electrons. The first-order valence-corrected chi connectivity index (χ1v) is 14.4. The molecule has 0 fully saturated rings. The number of carbonyl (C=O) groups is 2. The number of nitrogens with one attached hydrogen (secondary N) is 1. The van der Waals surface area contributed by atoms with E-state index in [-0.39, 0.29) is 30.4 Å². The van der Waals surface area contributed by atoms with E-state index in [1.807, 2.05) is 4.57 Å². The Kier molecular flexibility index (Phi) is 8.51. The highest BCUT2D eigenvalue weighted by Crippen LogP contribution is 2.35. The fraction of sp³-hybridized carbons (Fsp3) is 0.281. The number of hydrogen-bond acceptors (Lipinski definition) is 5. The number of aromatic nitrogens is 2. The third kappa shape index (κ3) is 6.47. The van der Waals surface area contributed by atoms with Crippen LogP contribution in [0.2, 0.25) is 5.02 Å². The first-order chi connectivity index (χ1) is 20.8. The molecule has 0 bridgehead atoms. The average Bonchev–Trinajstić information content (AvgIpc) is 3.32. The van der Waals surface area contributed by atoms with Crippen LogP contribution in [0.25, 0.3) is 11.3 Å². The van der Waals surface area contributed by atoms with Crippen LogP contribution in [0, 0.1) is 11.6 Å². The summed E-state index contributed by atoms with van der Waals surface area (Å²) in [7, 11) is 0. The van der Waals surface area contributed by atoms with Crippen molar-refractivity contribution in [1.82, 2.24) is 19.4 Å². The lowest BCUT2D eigenvalue weighted by molar-refractivity contribution is -0.139. The van der Waals surface area contributed by atoms with Gasteiger partial charge in [-0.25, -0.2) is 18.6 Å². The summed E-state index contributed by atoms with van der Waals surface area (Å²) in [5, 5.41) is 13.4. The minimum absolute atomic E-state index is 0.0236. The van der Waals surface area contributed by atoms with Crippen LogP contribution in [0.4, 0.5) is 30.8 Å². The van der Waals surface area contributed by atoms with Crippen molar-refractivity contribution in [2.24, 2.45) is 0 Å². The Bertz CT molecular complexity index is 1700. The maximum absolute atomic E-state index is 14.3. The normalized spacial score (nSPS) is 13.7. The first kappa shape index (κ1) is 30.8. The maximum atomic E-state index is 14.3. The van der Waals surface area contributed by atoms with E-state index in [2.05, 4.69) is 5.32 Å². The first-order valence-electron chi connectivity index (χ1n) is 14.0. The lowest BCUT2D eigenvalue weighted by Gasteiger charge is -2.41. The number of halogens is 3. The van der Waals surface area contributed by atoms with E-state index < -0.39 is 29.3 Å². The molecule has 3 aromatic carbocycles. The zero-order valence-corrected chi connectivity index (χ0v) is 25.3. The zero-order chi connectivity index (χ0) is 31.8.